The van der Waals surface area contributed by atoms with Crippen LogP contribution in [0.15, 0.2) is 42.5 Å². The molecule has 0 fully saturated rings. The van der Waals surface area contributed by atoms with E-state index in [0.717, 1.165) is 17.4 Å². The molecule has 7 nitrogen and oxygen atoms in total. The standard InChI is InChI=1S/C27H37Cl2N3O4S/c1-7-24(26(34)30-27(3,4)5)31(18-20-12-15-22(28)23(29)17-20)25(33)9-8-16-32(37(6,35)36)21-13-10-19(2)11-14-21/h10-15,17,24H,7-9,16,18H2,1-6H3,(H,30,34)/t24-/m1/s1. The SMILES string of the molecule is CC[C@H](C(=O)NC(C)(C)C)N(Cc1ccc(Cl)c(Cl)c1)C(=O)CCCN(c1ccc(C)cc1)S(C)(=O)=O. The zero-order chi connectivity index (χ0) is 28.0. The molecule has 204 valence electrons. The highest BCUT2D eigenvalue weighted by Crippen LogP contribution is 2.25. The molecule has 2 aromatic carbocycles. The van der Waals surface area contributed by atoms with Crippen molar-refractivity contribution in [1.82, 2.24) is 10.2 Å². The number of rotatable bonds is 11. The molecule has 0 aliphatic heterocycles. The van der Waals surface area contributed by atoms with E-state index in [2.05, 4.69) is 5.32 Å². The molecule has 0 heterocycles. The molecule has 1 atom stereocenters. The van der Waals surface area contributed by atoms with Crippen molar-refractivity contribution in [2.75, 3.05) is 17.1 Å². The van der Waals surface area contributed by atoms with Crippen LogP contribution >= 0.6 is 23.2 Å². The average Bonchev–Trinajstić information content (AvgIpc) is 2.77. The first kappa shape index (κ1) is 30.9. The van der Waals surface area contributed by atoms with E-state index in [9.17, 15) is 18.0 Å². The van der Waals surface area contributed by atoms with Crippen molar-refractivity contribution >= 4 is 50.7 Å². The van der Waals surface area contributed by atoms with Crippen molar-refractivity contribution in [3.8, 4) is 0 Å². The number of carbonyl (C=O) groups is 2. The summed E-state index contributed by atoms with van der Waals surface area (Å²) in [7, 11) is -3.54. The number of anilines is 1. The fourth-order valence-corrected chi connectivity index (χ4v) is 5.21. The fourth-order valence-electron chi connectivity index (χ4n) is 3.92. The van der Waals surface area contributed by atoms with Crippen molar-refractivity contribution in [2.45, 2.75) is 72.0 Å². The second-order valence-corrected chi connectivity index (χ2v) is 12.9. The van der Waals surface area contributed by atoms with Crippen LogP contribution in [0.4, 0.5) is 5.69 Å². The third-order valence-corrected chi connectivity index (χ3v) is 7.63. The predicted octanol–water partition coefficient (Wildman–Crippen LogP) is 5.57. The van der Waals surface area contributed by atoms with Crippen LogP contribution in [-0.4, -0.2) is 49.5 Å². The van der Waals surface area contributed by atoms with Gasteiger partial charge in [0.1, 0.15) is 6.04 Å². The lowest BCUT2D eigenvalue weighted by Gasteiger charge is -2.33. The summed E-state index contributed by atoms with van der Waals surface area (Å²) >= 11 is 12.2. The number of aryl methyl sites for hydroxylation is 1. The molecular weight excluding hydrogens is 533 g/mol. The maximum atomic E-state index is 13.5. The summed E-state index contributed by atoms with van der Waals surface area (Å²) in [4.78, 5) is 28.2. The van der Waals surface area contributed by atoms with Gasteiger partial charge in [-0.1, -0.05) is 53.9 Å². The van der Waals surface area contributed by atoms with Gasteiger partial charge in [0.2, 0.25) is 21.8 Å². The first-order chi connectivity index (χ1) is 17.1. The number of amides is 2. The minimum atomic E-state index is -3.54. The Morgan fingerprint density at radius 2 is 1.65 bits per heavy atom. The predicted molar refractivity (Wildman–Crippen MR) is 152 cm³/mol. The van der Waals surface area contributed by atoms with Crippen LogP contribution in [-0.2, 0) is 26.2 Å². The molecule has 0 aliphatic carbocycles. The van der Waals surface area contributed by atoms with Gasteiger partial charge in [-0.25, -0.2) is 8.42 Å². The number of hydrogen-bond donors (Lipinski definition) is 1. The molecule has 0 saturated heterocycles. The Morgan fingerprint density at radius 3 is 2.16 bits per heavy atom. The third-order valence-electron chi connectivity index (χ3n) is 5.70. The highest BCUT2D eigenvalue weighted by Gasteiger charge is 2.31. The summed E-state index contributed by atoms with van der Waals surface area (Å²) in [6.45, 7) is 9.73. The second kappa shape index (κ2) is 13.0. The van der Waals surface area contributed by atoms with Gasteiger partial charge in [-0.2, -0.15) is 0 Å². The number of carbonyl (C=O) groups excluding carboxylic acids is 2. The Hall–Kier alpha value is -2.29. The lowest BCUT2D eigenvalue weighted by molar-refractivity contribution is -0.142. The van der Waals surface area contributed by atoms with Gasteiger partial charge in [-0.05, 0) is 70.4 Å². The van der Waals surface area contributed by atoms with Crippen molar-refractivity contribution in [2.24, 2.45) is 0 Å². The molecule has 37 heavy (non-hydrogen) atoms. The number of sulfonamides is 1. The van der Waals surface area contributed by atoms with Gasteiger partial charge in [0.05, 0.1) is 22.0 Å². The van der Waals surface area contributed by atoms with Crippen LogP contribution in [0, 0.1) is 6.92 Å². The van der Waals surface area contributed by atoms with Crippen molar-refractivity contribution in [1.29, 1.82) is 0 Å². The lowest BCUT2D eigenvalue weighted by Crippen LogP contribution is -2.53. The number of halogens is 2. The summed E-state index contributed by atoms with van der Waals surface area (Å²) in [5, 5.41) is 3.73. The third kappa shape index (κ3) is 9.51. The molecule has 2 aromatic rings. The number of nitrogens with zero attached hydrogens (tertiary/aromatic N) is 2. The van der Waals surface area contributed by atoms with Crippen molar-refractivity contribution < 1.29 is 18.0 Å². The molecule has 0 spiro atoms. The van der Waals surface area contributed by atoms with E-state index in [4.69, 9.17) is 23.2 Å². The van der Waals surface area contributed by atoms with Crippen molar-refractivity contribution in [3.63, 3.8) is 0 Å². The molecule has 0 saturated carbocycles. The van der Waals surface area contributed by atoms with Gasteiger partial charge in [-0.15, -0.1) is 0 Å². The van der Waals surface area contributed by atoms with Gasteiger partial charge in [-0.3, -0.25) is 13.9 Å². The summed E-state index contributed by atoms with van der Waals surface area (Å²) in [6, 6.07) is 11.6. The number of hydrogen-bond acceptors (Lipinski definition) is 4. The van der Waals surface area contributed by atoms with E-state index in [1.54, 1.807) is 30.3 Å². The van der Waals surface area contributed by atoms with E-state index in [-0.39, 0.29) is 37.7 Å². The van der Waals surface area contributed by atoms with Gasteiger partial charge in [0.15, 0.2) is 0 Å². The molecule has 10 heteroatoms. The topological polar surface area (TPSA) is 86.8 Å². The molecule has 0 bridgehead atoms. The second-order valence-electron chi connectivity index (χ2n) is 10.2. The van der Waals surface area contributed by atoms with Gasteiger partial charge >= 0.3 is 0 Å². The average molecular weight is 571 g/mol. The summed E-state index contributed by atoms with van der Waals surface area (Å²) in [5.74, 6) is -0.500. The summed E-state index contributed by atoms with van der Waals surface area (Å²) < 4.78 is 26.2. The van der Waals surface area contributed by atoms with Gasteiger partial charge in [0, 0.05) is 25.0 Å². The minimum absolute atomic E-state index is 0.0680. The zero-order valence-corrected chi connectivity index (χ0v) is 24.7. The monoisotopic (exact) mass is 569 g/mol. The van der Waals surface area contributed by atoms with Crippen LogP contribution in [0.5, 0.6) is 0 Å². The zero-order valence-electron chi connectivity index (χ0n) is 22.3. The molecule has 0 radical (unpaired) electrons. The van der Waals surface area contributed by atoms with Crippen LogP contribution in [0.1, 0.15) is 58.1 Å². The Morgan fingerprint density at radius 1 is 1.03 bits per heavy atom. The molecule has 1 N–H and O–H groups in total. The van der Waals surface area contributed by atoms with E-state index in [1.807, 2.05) is 46.8 Å². The highest BCUT2D eigenvalue weighted by molar-refractivity contribution is 7.92. The summed E-state index contributed by atoms with van der Waals surface area (Å²) in [6.07, 6.45) is 1.91. The largest absolute Gasteiger partial charge is 0.350 e. The quantitative estimate of drug-likeness (QED) is 0.383. The Balaban J connectivity index is 2.26. The number of benzene rings is 2. The smallest absolute Gasteiger partial charge is 0.243 e. The maximum Gasteiger partial charge on any atom is 0.243 e. The molecule has 0 unspecified atom stereocenters. The van der Waals surface area contributed by atoms with Crippen molar-refractivity contribution in [3.05, 3.63) is 63.6 Å². The fraction of sp³-hybridized carbons (Fsp3) is 0.481. The molecule has 2 rings (SSSR count). The van der Waals surface area contributed by atoms with E-state index in [0.29, 0.717) is 22.2 Å². The number of nitrogens with one attached hydrogen (secondary N) is 1. The highest BCUT2D eigenvalue weighted by atomic mass is 35.5. The Bertz CT molecular complexity index is 1200. The van der Waals surface area contributed by atoms with E-state index in [1.165, 1.54) is 9.21 Å². The first-order valence-corrected chi connectivity index (χ1v) is 14.8. The Labute approximate surface area is 231 Å². The summed E-state index contributed by atoms with van der Waals surface area (Å²) in [5.41, 5.74) is 1.84. The minimum Gasteiger partial charge on any atom is -0.350 e. The maximum absolute atomic E-state index is 13.5. The van der Waals surface area contributed by atoms with Crippen LogP contribution in [0.2, 0.25) is 10.0 Å². The van der Waals surface area contributed by atoms with Gasteiger partial charge < -0.3 is 10.2 Å². The van der Waals surface area contributed by atoms with Gasteiger partial charge in [0.25, 0.3) is 0 Å². The molecular formula is C27H37Cl2N3O4S. The van der Waals surface area contributed by atoms with Crippen LogP contribution < -0.4 is 9.62 Å². The lowest BCUT2D eigenvalue weighted by atomic mass is 10.0. The normalized spacial score (nSPS) is 12.6. The Kier molecular flexibility index (Phi) is 10.9. The molecule has 2 amide bonds. The van der Waals surface area contributed by atoms with Crippen LogP contribution in [0.3, 0.4) is 0 Å². The van der Waals surface area contributed by atoms with E-state index >= 15 is 0 Å². The van der Waals surface area contributed by atoms with Crippen LogP contribution in [0.25, 0.3) is 0 Å². The molecule has 0 aliphatic rings. The first-order valence-electron chi connectivity index (χ1n) is 12.2. The molecule has 0 aromatic heterocycles. The van der Waals surface area contributed by atoms with E-state index < -0.39 is 21.6 Å².